The molecule has 0 aliphatic carbocycles. The predicted molar refractivity (Wildman–Crippen MR) is 97.7 cm³/mol. The summed E-state index contributed by atoms with van der Waals surface area (Å²) in [6.45, 7) is 7.04. The van der Waals surface area contributed by atoms with Crippen LogP contribution in [-0.4, -0.2) is 43.9 Å². The van der Waals surface area contributed by atoms with E-state index >= 15 is 0 Å². The van der Waals surface area contributed by atoms with Crippen LogP contribution >= 0.6 is 0 Å². The lowest BCUT2D eigenvalue weighted by Crippen LogP contribution is -2.45. The molecule has 1 saturated heterocycles. The van der Waals surface area contributed by atoms with Gasteiger partial charge in [0.1, 0.15) is 11.5 Å². The molecule has 2 rings (SSSR count). The lowest BCUT2D eigenvalue weighted by molar-refractivity contribution is -0.0333. The Morgan fingerprint density at radius 1 is 1.16 bits per heavy atom. The summed E-state index contributed by atoms with van der Waals surface area (Å²) in [4.78, 5) is 2.39. The summed E-state index contributed by atoms with van der Waals surface area (Å²) in [5.41, 5.74) is 0.117. The molecule has 1 heterocycles. The van der Waals surface area contributed by atoms with E-state index in [4.69, 9.17) is 14.7 Å². The summed E-state index contributed by atoms with van der Waals surface area (Å²) >= 11 is 0. The fourth-order valence-corrected chi connectivity index (χ4v) is 3.52. The van der Waals surface area contributed by atoms with Gasteiger partial charge in [0.25, 0.3) is 0 Å². The molecule has 1 aliphatic rings. The first-order valence-electron chi connectivity index (χ1n) is 8.87. The topological polar surface area (TPSA) is 65.7 Å². The molecule has 0 aromatic heterocycles. The van der Waals surface area contributed by atoms with Crippen LogP contribution in [0.3, 0.4) is 0 Å². The van der Waals surface area contributed by atoms with Crippen LogP contribution in [0, 0.1) is 16.7 Å². The quantitative estimate of drug-likeness (QED) is 0.820. The second-order valence-electron chi connectivity index (χ2n) is 7.73. The van der Waals surface area contributed by atoms with E-state index < -0.39 is 5.60 Å². The lowest BCUT2D eigenvalue weighted by Gasteiger charge is -2.41. The second-order valence-corrected chi connectivity index (χ2v) is 7.73. The summed E-state index contributed by atoms with van der Waals surface area (Å²) in [6, 6.07) is 7.85. The van der Waals surface area contributed by atoms with Crippen LogP contribution in [0.25, 0.3) is 0 Å². The van der Waals surface area contributed by atoms with Crippen molar-refractivity contribution in [2.45, 2.75) is 45.1 Å². The standard InChI is InChI=1S/C20H30N2O3/c1-19(2,6-5-9-21)15-22-10-7-20(23,8-11-22)16-12-17(24-3)14-18(13-16)25-4/h12-14,23H,5-8,10-11,15H2,1-4H3. The van der Waals surface area contributed by atoms with E-state index in [0.29, 0.717) is 30.8 Å². The van der Waals surface area contributed by atoms with E-state index in [1.54, 1.807) is 14.2 Å². The average Bonchev–Trinajstić information content (AvgIpc) is 2.61. The third-order valence-corrected chi connectivity index (χ3v) is 5.14. The van der Waals surface area contributed by atoms with Gasteiger partial charge in [-0.2, -0.15) is 5.26 Å². The molecule has 0 unspecified atom stereocenters. The fourth-order valence-electron chi connectivity index (χ4n) is 3.52. The number of ether oxygens (including phenoxy) is 2. The van der Waals surface area contributed by atoms with Gasteiger partial charge in [0.2, 0.25) is 0 Å². The van der Waals surface area contributed by atoms with Crippen molar-refractivity contribution in [1.29, 1.82) is 5.26 Å². The van der Waals surface area contributed by atoms with Gasteiger partial charge < -0.3 is 19.5 Å². The molecule has 1 N–H and O–H groups in total. The summed E-state index contributed by atoms with van der Waals surface area (Å²) in [6.07, 6.45) is 2.85. The summed E-state index contributed by atoms with van der Waals surface area (Å²) in [7, 11) is 3.24. The fraction of sp³-hybridized carbons (Fsp3) is 0.650. The maximum Gasteiger partial charge on any atom is 0.122 e. The Labute approximate surface area is 151 Å². The second kappa shape index (κ2) is 8.07. The Balaban J connectivity index is 2.04. The minimum atomic E-state index is -0.852. The van der Waals surface area contributed by atoms with Gasteiger partial charge in [-0.15, -0.1) is 0 Å². The molecule has 0 radical (unpaired) electrons. The molecule has 0 bridgehead atoms. The van der Waals surface area contributed by atoms with Gasteiger partial charge in [-0.25, -0.2) is 0 Å². The van der Waals surface area contributed by atoms with Gasteiger partial charge in [-0.1, -0.05) is 13.8 Å². The van der Waals surface area contributed by atoms with Gasteiger partial charge in [0.05, 0.1) is 25.9 Å². The van der Waals surface area contributed by atoms with Crippen molar-refractivity contribution in [2.75, 3.05) is 33.9 Å². The number of aliphatic hydroxyl groups is 1. The molecule has 1 fully saturated rings. The molecule has 5 heteroatoms. The van der Waals surface area contributed by atoms with Gasteiger partial charge in [0, 0.05) is 32.1 Å². The van der Waals surface area contributed by atoms with Gasteiger partial charge in [-0.3, -0.25) is 0 Å². The van der Waals surface area contributed by atoms with Crippen LogP contribution in [0.1, 0.15) is 45.1 Å². The summed E-state index contributed by atoms with van der Waals surface area (Å²) < 4.78 is 10.7. The van der Waals surface area contributed by atoms with Gasteiger partial charge in [0.15, 0.2) is 0 Å². The number of piperidine rings is 1. The number of rotatable bonds is 7. The van der Waals surface area contributed by atoms with Crippen molar-refractivity contribution in [2.24, 2.45) is 5.41 Å². The SMILES string of the molecule is COc1cc(OC)cc(C2(O)CCN(CC(C)(C)CCC#N)CC2)c1. The monoisotopic (exact) mass is 346 g/mol. The van der Waals surface area contributed by atoms with Crippen LogP contribution in [0.4, 0.5) is 0 Å². The first-order chi connectivity index (χ1) is 11.8. The van der Waals surface area contributed by atoms with E-state index in [1.165, 1.54) is 0 Å². The molecule has 1 aliphatic heterocycles. The smallest absolute Gasteiger partial charge is 0.122 e. The average molecular weight is 346 g/mol. The summed E-state index contributed by atoms with van der Waals surface area (Å²) in [5, 5.41) is 20.0. The van der Waals surface area contributed by atoms with Crippen LogP contribution in [0.5, 0.6) is 11.5 Å². The molecule has 1 aromatic carbocycles. The molecule has 0 amide bonds. The molecule has 1 aromatic rings. The number of benzene rings is 1. The minimum Gasteiger partial charge on any atom is -0.497 e. The largest absolute Gasteiger partial charge is 0.497 e. The van der Waals surface area contributed by atoms with Crippen LogP contribution in [0.15, 0.2) is 18.2 Å². The Morgan fingerprint density at radius 3 is 2.20 bits per heavy atom. The number of nitrogens with zero attached hydrogens (tertiary/aromatic N) is 2. The van der Waals surface area contributed by atoms with Crippen molar-refractivity contribution in [3.63, 3.8) is 0 Å². The Kier molecular flexibility index (Phi) is 6.31. The van der Waals surface area contributed by atoms with Crippen LogP contribution in [-0.2, 0) is 5.60 Å². The highest BCUT2D eigenvalue weighted by Gasteiger charge is 2.36. The molecule has 0 atom stereocenters. The zero-order chi connectivity index (χ0) is 18.5. The molecule has 0 saturated carbocycles. The zero-order valence-electron chi connectivity index (χ0n) is 15.8. The highest BCUT2D eigenvalue weighted by Crippen LogP contribution is 2.37. The van der Waals surface area contributed by atoms with Crippen molar-refractivity contribution in [1.82, 2.24) is 4.90 Å². The molecule has 25 heavy (non-hydrogen) atoms. The predicted octanol–water partition coefficient (Wildman–Crippen LogP) is 3.32. The molecular weight excluding hydrogens is 316 g/mol. The van der Waals surface area contributed by atoms with E-state index in [0.717, 1.165) is 31.6 Å². The van der Waals surface area contributed by atoms with Crippen molar-refractivity contribution < 1.29 is 14.6 Å². The first kappa shape index (κ1) is 19.6. The van der Waals surface area contributed by atoms with Gasteiger partial charge >= 0.3 is 0 Å². The normalized spacial score (nSPS) is 17.8. The van der Waals surface area contributed by atoms with Crippen molar-refractivity contribution in [3.05, 3.63) is 23.8 Å². The van der Waals surface area contributed by atoms with E-state index in [2.05, 4.69) is 24.8 Å². The highest BCUT2D eigenvalue weighted by atomic mass is 16.5. The molecule has 5 nitrogen and oxygen atoms in total. The third kappa shape index (κ3) is 5.10. The Morgan fingerprint density at radius 2 is 1.72 bits per heavy atom. The van der Waals surface area contributed by atoms with Crippen LogP contribution in [0.2, 0.25) is 0 Å². The van der Waals surface area contributed by atoms with E-state index in [9.17, 15) is 5.11 Å². The Bertz CT molecular complexity index is 592. The van der Waals surface area contributed by atoms with E-state index in [-0.39, 0.29) is 5.41 Å². The summed E-state index contributed by atoms with van der Waals surface area (Å²) in [5.74, 6) is 1.39. The molecular formula is C20H30N2O3. The minimum absolute atomic E-state index is 0.115. The molecule has 0 spiro atoms. The lowest BCUT2D eigenvalue weighted by atomic mass is 9.82. The van der Waals surface area contributed by atoms with E-state index in [1.807, 2.05) is 18.2 Å². The van der Waals surface area contributed by atoms with Gasteiger partial charge in [-0.05, 0) is 42.4 Å². The number of hydrogen-bond acceptors (Lipinski definition) is 5. The first-order valence-corrected chi connectivity index (χ1v) is 8.87. The number of nitriles is 1. The highest BCUT2D eigenvalue weighted by molar-refractivity contribution is 5.41. The molecule has 138 valence electrons. The van der Waals surface area contributed by atoms with Crippen molar-refractivity contribution >= 4 is 0 Å². The third-order valence-electron chi connectivity index (χ3n) is 5.14. The van der Waals surface area contributed by atoms with Crippen LogP contribution < -0.4 is 9.47 Å². The van der Waals surface area contributed by atoms with Crippen molar-refractivity contribution in [3.8, 4) is 17.6 Å². The maximum absolute atomic E-state index is 11.2. The number of likely N-dealkylation sites (tertiary alicyclic amines) is 1. The Hall–Kier alpha value is -1.77. The number of methoxy groups -OCH3 is 2. The number of hydrogen-bond donors (Lipinski definition) is 1. The maximum atomic E-state index is 11.2. The zero-order valence-corrected chi connectivity index (χ0v) is 15.8.